The Morgan fingerprint density at radius 1 is 0.941 bits per heavy atom. The summed E-state index contributed by atoms with van der Waals surface area (Å²) in [4.78, 5) is 41.6. The number of hydrogen-bond acceptors (Lipinski definition) is 6. The van der Waals surface area contributed by atoms with Gasteiger partial charge in [-0.15, -0.1) is 0 Å². The topological polar surface area (TPSA) is 110 Å². The number of hydrogen-bond donors (Lipinski definition) is 2. The summed E-state index contributed by atoms with van der Waals surface area (Å²) < 4.78 is 11.4. The number of para-hydroxylation sites is 1. The maximum atomic E-state index is 13.4. The van der Waals surface area contributed by atoms with Gasteiger partial charge in [-0.1, -0.05) is 30.3 Å². The summed E-state index contributed by atoms with van der Waals surface area (Å²) in [5, 5.41) is 10.7. The van der Waals surface area contributed by atoms with Crippen LogP contribution in [0.1, 0.15) is 23.5 Å². The van der Waals surface area contributed by atoms with Gasteiger partial charge >= 0.3 is 5.97 Å². The summed E-state index contributed by atoms with van der Waals surface area (Å²) >= 11 is 0. The lowest BCUT2D eigenvalue weighted by atomic mass is 9.85. The van der Waals surface area contributed by atoms with Crippen LogP contribution < -0.4 is 15.7 Å². The normalized spacial score (nSPS) is 15.3. The van der Waals surface area contributed by atoms with Crippen molar-refractivity contribution in [2.24, 2.45) is 0 Å². The Morgan fingerprint density at radius 2 is 1.74 bits per heavy atom. The number of benzene rings is 3. The summed E-state index contributed by atoms with van der Waals surface area (Å²) in [5.74, 6) is -0.751. The number of carbonyl (C=O) groups excluding carboxylic acids is 1. The van der Waals surface area contributed by atoms with Gasteiger partial charge in [0.15, 0.2) is 0 Å². The molecule has 1 aliphatic rings. The fourth-order valence-electron chi connectivity index (χ4n) is 4.58. The minimum Gasteiger partial charge on any atom is -0.508 e. The molecular weight excluding hydrogens is 434 g/mol. The molecule has 0 aliphatic carbocycles. The molecule has 0 saturated heterocycles. The molecule has 1 unspecified atom stereocenters. The fourth-order valence-corrected chi connectivity index (χ4v) is 4.58. The van der Waals surface area contributed by atoms with E-state index >= 15 is 0 Å². The second-order valence-corrected chi connectivity index (χ2v) is 8.25. The minimum atomic E-state index is -0.643. The SMILES string of the molecule is O=C1CC(c2cc3ccccc3[nH]c2=O)c2c(ccc3c(=O)c(-c4ccc(O)cc4)coc23)O1. The number of aromatic amines is 1. The van der Waals surface area contributed by atoms with E-state index in [0.717, 1.165) is 5.39 Å². The first-order chi connectivity index (χ1) is 16.5. The van der Waals surface area contributed by atoms with Crippen LogP contribution in [0.5, 0.6) is 11.5 Å². The van der Waals surface area contributed by atoms with E-state index in [9.17, 15) is 19.5 Å². The molecule has 0 saturated carbocycles. The Labute approximate surface area is 191 Å². The van der Waals surface area contributed by atoms with E-state index < -0.39 is 11.9 Å². The van der Waals surface area contributed by atoms with Crippen molar-refractivity contribution in [1.82, 2.24) is 4.98 Å². The molecule has 7 nitrogen and oxygen atoms in total. The van der Waals surface area contributed by atoms with Gasteiger partial charge in [-0.05, 0) is 47.3 Å². The third-order valence-electron chi connectivity index (χ3n) is 6.22. The lowest BCUT2D eigenvalue weighted by Gasteiger charge is -2.25. The largest absolute Gasteiger partial charge is 0.508 e. The zero-order chi connectivity index (χ0) is 23.4. The van der Waals surface area contributed by atoms with Gasteiger partial charge in [0.25, 0.3) is 5.56 Å². The van der Waals surface area contributed by atoms with Crippen LogP contribution in [-0.4, -0.2) is 16.1 Å². The van der Waals surface area contributed by atoms with Gasteiger partial charge in [-0.3, -0.25) is 14.4 Å². The first-order valence-electron chi connectivity index (χ1n) is 10.7. The van der Waals surface area contributed by atoms with Gasteiger partial charge in [-0.2, -0.15) is 0 Å². The maximum Gasteiger partial charge on any atom is 0.312 e. The van der Waals surface area contributed by atoms with E-state index in [0.29, 0.717) is 33.2 Å². The molecule has 0 fully saturated rings. The number of ether oxygens (including phenoxy) is 1. The number of esters is 1. The second-order valence-electron chi connectivity index (χ2n) is 8.25. The zero-order valence-electron chi connectivity index (χ0n) is 17.7. The molecule has 0 amide bonds. The number of phenolic OH excluding ortho intramolecular Hbond substituents is 1. The van der Waals surface area contributed by atoms with Gasteiger partial charge in [0.2, 0.25) is 5.43 Å². The monoisotopic (exact) mass is 451 g/mol. The molecule has 0 radical (unpaired) electrons. The van der Waals surface area contributed by atoms with E-state index in [1.807, 2.05) is 24.3 Å². The number of pyridine rings is 1. The van der Waals surface area contributed by atoms with Crippen LogP contribution in [0.15, 0.2) is 87.0 Å². The van der Waals surface area contributed by atoms with Crippen LogP contribution in [0.25, 0.3) is 33.0 Å². The maximum absolute atomic E-state index is 13.4. The van der Waals surface area contributed by atoms with Gasteiger partial charge < -0.3 is 19.2 Å². The molecule has 3 heterocycles. The van der Waals surface area contributed by atoms with E-state index in [4.69, 9.17) is 9.15 Å². The molecule has 1 atom stereocenters. The predicted molar refractivity (Wildman–Crippen MR) is 126 cm³/mol. The molecule has 2 N–H and O–H groups in total. The Morgan fingerprint density at radius 3 is 2.56 bits per heavy atom. The first kappa shape index (κ1) is 20.0. The molecule has 34 heavy (non-hydrogen) atoms. The summed E-state index contributed by atoms with van der Waals surface area (Å²) in [6.07, 6.45) is 1.30. The number of H-pyrrole nitrogens is 1. The zero-order valence-corrected chi connectivity index (χ0v) is 17.7. The summed E-state index contributed by atoms with van der Waals surface area (Å²) in [6.45, 7) is 0. The molecule has 7 heteroatoms. The van der Waals surface area contributed by atoms with Gasteiger partial charge in [0, 0.05) is 22.6 Å². The Bertz CT molecular complexity index is 1730. The molecule has 5 aromatic rings. The minimum absolute atomic E-state index is 0.0586. The van der Waals surface area contributed by atoms with Crippen LogP contribution >= 0.6 is 0 Å². The smallest absolute Gasteiger partial charge is 0.312 e. The van der Waals surface area contributed by atoms with Crippen LogP contribution in [0.2, 0.25) is 0 Å². The van der Waals surface area contributed by atoms with Gasteiger partial charge in [0.1, 0.15) is 23.3 Å². The lowest BCUT2D eigenvalue weighted by molar-refractivity contribution is -0.135. The lowest BCUT2D eigenvalue weighted by Crippen LogP contribution is -2.26. The van der Waals surface area contributed by atoms with Crippen LogP contribution in [0.3, 0.4) is 0 Å². The van der Waals surface area contributed by atoms with E-state index in [1.54, 1.807) is 30.3 Å². The average molecular weight is 451 g/mol. The van der Waals surface area contributed by atoms with Crippen molar-refractivity contribution in [3.8, 4) is 22.6 Å². The van der Waals surface area contributed by atoms with Crippen LogP contribution in [0, 0.1) is 0 Å². The van der Waals surface area contributed by atoms with Crippen LogP contribution in [0.4, 0.5) is 0 Å². The quantitative estimate of drug-likeness (QED) is 0.303. The van der Waals surface area contributed by atoms with Gasteiger partial charge in [-0.25, -0.2) is 0 Å². The van der Waals surface area contributed by atoms with E-state index in [1.165, 1.54) is 18.4 Å². The van der Waals surface area contributed by atoms with Crippen molar-refractivity contribution in [2.45, 2.75) is 12.3 Å². The highest BCUT2D eigenvalue weighted by atomic mass is 16.5. The predicted octanol–water partition coefficient (Wildman–Crippen LogP) is 4.45. The number of carbonyl (C=O) groups is 1. The highest BCUT2D eigenvalue weighted by molar-refractivity contribution is 5.90. The van der Waals surface area contributed by atoms with Crippen molar-refractivity contribution in [1.29, 1.82) is 0 Å². The molecule has 1 aliphatic heterocycles. The highest BCUT2D eigenvalue weighted by Gasteiger charge is 2.33. The first-order valence-corrected chi connectivity index (χ1v) is 10.7. The molecule has 6 rings (SSSR count). The van der Waals surface area contributed by atoms with Crippen molar-refractivity contribution >= 4 is 27.8 Å². The van der Waals surface area contributed by atoms with Gasteiger partial charge in [0.05, 0.1) is 17.4 Å². The Kier molecular flexibility index (Phi) is 4.38. The third kappa shape index (κ3) is 3.09. The number of aromatic hydroxyl groups is 1. The standard InChI is InChI=1S/C27H17NO6/c29-16-7-5-14(6-8-16)20-13-33-26-17(25(20)31)9-10-22-24(26)18(12-23(30)34-22)19-11-15-3-1-2-4-21(15)28-27(19)32/h1-11,13,18,29H,12H2,(H,28,32). The molecule has 0 spiro atoms. The Balaban J connectivity index is 1.59. The van der Waals surface area contributed by atoms with Crippen molar-refractivity contribution in [2.75, 3.05) is 0 Å². The molecule has 3 aromatic carbocycles. The molecule has 166 valence electrons. The second kappa shape index (κ2) is 7.45. The molecular formula is C27H17NO6. The summed E-state index contributed by atoms with van der Waals surface area (Å²) in [6, 6.07) is 18.5. The third-order valence-corrected chi connectivity index (χ3v) is 6.22. The summed E-state index contributed by atoms with van der Waals surface area (Å²) in [5.41, 5.74) is 2.21. The number of rotatable bonds is 2. The fraction of sp³-hybridized carbons (Fsp3) is 0.0741. The van der Waals surface area contributed by atoms with E-state index in [2.05, 4.69) is 4.98 Å². The highest BCUT2D eigenvalue weighted by Crippen LogP contribution is 2.42. The van der Waals surface area contributed by atoms with Crippen LogP contribution in [-0.2, 0) is 4.79 Å². The number of nitrogens with one attached hydrogen (secondary N) is 1. The van der Waals surface area contributed by atoms with Crippen molar-refractivity contribution in [3.63, 3.8) is 0 Å². The molecule has 2 aromatic heterocycles. The number of fused-ring (bicyclic) bond motifs is 4. The van der Waals surface area contributed by atoms with Crippen molar-refractivity contribution in [3.05, 3.63) is 105 Å². The van der Waals surface area contributed by atoms with Crippen molar-refractivity contribution < 1.29 is 19.1 Å². The summed E-state index contributed by atoms with van der Waals surface area (Å²) in [7, 11) is 0. The number of aromatic nitrogens is 1. The van der Waals surface area contributed by atoms with E-state index in [-0.39, 0.29) is 34.5 Å². The Hall–Kier alpha value is -4.65. The molecule has 0 bridgehead atoms. The average Bonchev–Trinajstić information content (AvgIpc) is 2.84. The number of phenols is 1.